The van der Waals surface area contributed by atoms with E-state index in [4.69, 9.17) is 5.26 Å². The van der Waals surface area contributed by atoms with Gasteiger partial charge in [-0.2, -0.15) is 9.57 Å². The first kappa shape index (κ1) is 15.5. The quantitative estimate of drug-likeness (QED) is 0.746. The number of rotatable bonds is 6. The Morgan fingerprint density at radius 2 is 1.89 bits per heavy atom. The largest absolute Gasteiger partial charge is 0.230 e. The molecule has 18 heavy (non-hydrogen) atoms. The Labute approximate surface area is 111 Å². The van der Waals surface area contributed by atoms with E-state index in [0.717, 1.165) is 25.7 Å². The highest BCUT2D eigenvalue weighted by atomic mass is 32.2. The van der Waals surface area contributed by atoms with Gasteiger partial charge < -0.3 is 0 Å². The van der Waals surface area contributed by atoms with Gasteiger partial charge in [0.05, 0.1) is 6.07 Å². The zero-order valence-electron chi connectivity index (χ0n) is 11.6. The summed E-state index contributed by atoms with van der Waals surface area (Å²) in [6.45, 7) is 6.33. The van der Waals surface area contributed by atoms with Gasteiger partial charge in [0.1, 0.15) is 0 Å². The molecule has 1 atom stereocenters. The minimum absolute atomic E-state index is 0.111. The summed E-state index contributed by atoms with van der Waals surface area (Å²) in [6.07, 6.45) is 4.43. The van der Waals surface area contributed by atoms with Crippen LogP contribution in [0, 0.1) is 17.2 Å². The molecule has 1 rings (SSSR count). The second-order valence-corrected chi connectivity index (χ2v) is 7.54. The van der Waals surface area contributed by atoms with Crippen LogP contribution in [0.4, 0.5) is 0 Å². The van der Waals surface area contributed by atoms with E-state index in [9.17, 15) is 8.42 Å². The third-order valence-electron chi connectivity index (χ3n) is 3.48. The maximum absolute atomic E-state index is 12.5. The summed E-state index contributed by atoms with van der Waals surface area (Å²) >= 11 is 0. The molecule has 0 aromatic rings. The van der Waals surface area contributed by atoms with E-state index in [2.05, 4.69) is 0 Å². The molecule has 0 radical (unpaired) electrons. The summed E-state index contributed by atoms with van der Waals surface area (Å²) in [5.74, 6) is 0.288. The van der Waals surface area contributed by atoms with Gasteiger partial charge in [-0.05, 0) is 25.2 Å². The standard InChI is InChI=1S/C13H24N2O2S/c1-4-13(9-14)18(16,17)15(10-11(2)3)12-7-5-6-8-12/h11-13H,4-8,10H2,1-3H3. The average molecular weight is 272 g/mol. The zero-order chi connectivity index (χ0) is 13.8. The zero-order valence-corrected chi connectivity index (χ0v) is 12.4. The molecule has 0 aromatic heterocycles. The minimum Gasteiger partial charge on any atom is -0.211 e. The van der Waals surface area contributed by atoms with Gasteiger partial charge >= 0.3 is 0 Å². The highest BCUT2D eigenvalue weighted by Crippen LogP contribution is 2.28. The fourth-order valence-electron chi connectivity index (χ4n) is 2.54. The smallest absolute Gasteiger partial charge is 0.211 e. The Bertz CT molecular complexity index is 392. The van der Waals surface area contributed by atoms with E-state index in [-0.39, 0.29) is 12.0 Å². The average Bonchev–Trinajstić information content (AvgIpc) is 2.79. The molecule has 1 fully saturated rings. The highest BCUT2D eigenvalue weighted by Gasteiger charge is 2.37. The van der Waals surface area contributed by atoms with Crippen molar-refractivity contribution in [3.05, 3.63) is 0 Å². The van der Waals surface area contributed by atoms with E-state index in [1.165, 1.54) is 0 Å². The number of sulfonamides is 1. The maximum Gasteiger partial charge on any atom is 0.230 e. The number of nitriles is 1. The molecule has 1 aliphatic rings. The van der Waals surface area contributed by atoms with Crippen LogP contribution in [-0.2, 0) is 10.0 Å². The van der Waals surface area contributed by atoms with Crippen molar-refractivity contribution in [2.45, 2.75) is 64.2 Å². The van der Waals surface area contributed by atoms with Crippen molar-refractivity contribution in [1.29, 1.82) is 5.26 Å². The number of nitrogens with zero attached hydrogens (tertiary/aromatic N) is 2. The molecule has 104 valence electrons. The molecule has 1 aliphatic carbocycles. The molecule has 0 amide bonds. The third-order valence-corrected chi connectivity index (χ3v) is 5.74. The predicted octanol–water partition coefficient (Wildman–Crippen LogP) is 2.52. The fraction of sp³-hybridized carbons (Fsp3) is 0.923. The van der Waals surface area contributed by atoms with Crippen LogP contribution in [0.15, 0.2) is 0 Å². The Balaban J connectivity index is 2.97. The Morgan fingerprint density at radius 3 is 2.28 bits per heavy atom. The molecule has 5 heteroatoms. The molecule has 0 aliphatic heterocycles. The summed E-state index contributed by atoms with van der Waals surface area (Å²) < 4.78 is 26.7. The molecule has 0 saturated heterocycles. The van der Waals surface area contributed by atoms with Crippen molar-refractivity contribution in [2.24, 2.45) is 5.92 Å². The molecule has 4 nitrogen and oxygen atoms in total. The topological polar surface area (TPSA) is 61.2 Å². The SMILES string of the molecule is CCC(C#N)S(=O)(=O)N(CC(C)C)C1CCCC1. The molecular formula is C13H24N2O2S. The molecule has 0 heterocycles. The van der Waals surface area contributed by atoms with Gasteiger partial charge in [0, 0.05) is 12.6 Å². The van der Waals surface area contributed by atoms with Crippen LogP contribution in [0.25, 0.3) is 0 Å². The van der Waals surface area contributed by atoms with Crippen molar-refractivity contribution in [3.63, 3.8) is 0 Å². The normalized spacial score (nSPS) is 19.3. The van der Waals surface area contributed by atoms with E-state index in [1.807, 2.05) is 19.9 Å². The van der Waals surface area contributed by atoms with Gasteiger partial charge in [-0.1, -0.05) is 33.6 Å². The van der Waals surface area contributed by atoms with Crippen LogP contribution < -0.4 is 0 Å². The molecule has 1 unspecified atom stereocenters. The van der Waals surface area contributed by atoms with Gasteiger partial charge in [-0.3, -0.25) is 0 Å². The van der Waals surface area contributed by atoms with Crippen molar-refractivity contribution in [2.75, 3.05) is 6.54 Å². The van der Waals surface area contributed by atoms with Crippen molar-refractivity contribution in [1.82, 2.24) is 4.31 Å². The van der Waals surface area contributed by atoms with E-state index >= 15 is 0 Å². The van der Waals surface area contributed by atoms with Crippen molar-refractivity contribution < 1.29 is 8.42 Å². The van der Waals surface area contributed by atoms with Gasteiger partial charge in [-0.25, -0.2) is 8.42 Å². The van der Waals surface area contributed by atoms with Crippen LogP contribution in [0.3, 0.4) is 0 Å². The molecular weight excluding hydrogens is 248 g/mol. The van der Waals surface area contributed by atoms with Crippen LogP contribution in [0.2, 0.25) is 0 Å². The first-order chi connectivity index (χ1) is 8.43. The first-order valence-corrected chi connectivity index (χ1v) is 8.34. The van der Waals surface area contributed by atoms with Crippen molar-refractivity contribution in [3.8, 4) is 6.07 Å². The summed E-state index contributed by atoms with van der Waals surface area (Å²) in [6, 6.07) is 2.05. The summed E-state index contributed by atoms with van der Waals surface area (Å²) in [5.41, 5.74) is 0. The Hall–Kier alpha value is -0.600. The first-order valence-electron chi connectivity index (χ1n) is 6.83. The Morgan fingerprint density at radius 1 is 1.33 bits per heavy atom. The lowest BCUT2D eigenvalue weighted by Gasteiger charge is -2.31. The number of hydrogen-bond acceptors (Lipinski definition) is 3. The van der Waals surface area contributed by atoms with Gasteiger partial charge in [0.2, 0.25) is 10.0 Å². The summed E-state index contributed by atoms with van der Waals surface area (Å²) in [7, 11) is -3.47. The van der Waals surface area contributed by atoms with E-state index in [1.54, 1.807) is 11.2 Å². The molecule has 1 saturated carbocycles. The van der Waals surface area contributed by atoms with Gasteiger partial charge in [0.15, 0.2) is 5.25 Å². The van der Waals surface area contributed by atoms with Crippen LogP contribution in [0.1, 0.15) is 52.9 Å². The van der Waals surface area contributed by atoms with Gasteiger partial charge in [-0.15, -0.1) is 0 Å². The Kier molecular flexibility index (Phi) is 5.61. The lowest BCUT2D eigenvalue weighted by molar-refractivity contribution is 0.290. The van der Waals surface area contributed by atoms with Crippen LogP contribution >= 0.6 is 0 Å². The van der Waals surface area contributed by atoms with Gasteiger partial charge in [0.25, 0.3) is 0 Å². The molecule has 0 aromatic carbocycles. The monoisotopic (exact) mass is 272 g/mol. The molecule has 0 bridgehead atoms. The molecule has 0 spiro atoms. The van der Waals surface area contributed by atoms with Crippen molar-refractivity contribution >= 4 is 10.0 Å². The second kappa shape index (κ2) is 6.53. The lowest BCUT2D eigenvalue weighted by Crippen LogP contribution is -2.45. The lowest BCUT2D eigenvalue weighted by atomic mass is 10.2. The minimum atomic E-state index is -3.47. The summed E-state index contributed by atoms with van der Waals surface area (Å²) in [5, 5.41) is 8.14. The second-order valence-electron chi connectivity index (χ2n) is 5.47. The van der Waals surface area contributed by atoms with E-state index < -0.39 is 15.3 Å². The fourth-order valence-corrected chi connectivity index (χ4v) is 4.56. The number of hydrogen-bond donors (Lipinski definition) is 0. The summed E-state index contributed by atoms with van der Waals surface area (Å²) in [4.78, 5) is 0. The highest BCUT2D eigenvalue weighted by molar-refractivity contribution is 7.90. The third kappa shape index (κ3) is 3.46. The maximum atomic E-state index is 12.5. The van der Waals surface area contributed by atoms with Crippen LogP contribution in [0.5, 0.6) is 0 Å². The predicted molar refractivity (Wildman–Crippen MR) is 72.4 cm³/mol. The molecule has 0 N–H and O–H groups in total. The van der Waals surface area contributed by atoms with Crippen LogP contribution in [-0.4, -0.2) is 30.6 Å². The van der Waals surface area contributed by atoms with E-state index in [0.29, 0.717) is 13.0 Å².